The lowest BCUT2D eigenvalue weighted by atomic mass is 9.76. The maximum atomic E-state index is 13.9. The molecule has 0 spiro atoms. The van der Waals surface area contributed by atoms with Crippen molar-refractivity contribution in [3.63, 3.8) is 0 Å². The average Bonchev–Trinajstić information content (AvgIpc) is 2.93. The lowest BCUT2D eigenvalue weighted by molar-refractivity contribution is -0.141. The Labute approximate surface area is 261 Å². The Hall–Kier alpha value is -3.36. The Morgan fingerprint density at radius 3 is 2.00 bits per heavy atom. The zero-order chi connectivity index (χ0) is 32.7. The van der Waals surface area contributed by atoms with Crippen molar-refractivity contribution in [3.05, 3.63) is 76.3 Å². The van der Waals surface area contributed by atoms with Gasteiger partial charge in [0.1, 0.15) is 18.4 Å². The summed E-state index contributed by atoms with van der Waals surface area (Å²) in [6.07, 6.45) is 1.59. The molecule has 1 unspecified atom stereocenters. The van der Waals surface area contributed by atoms with Gasteiger partial charge in [-0.05, 0) is 60.7 Å². The zero-order valence-corrected chi connectivity index (χ0v) is 27.9. The molecule has 0 radical (unpaired) electrons. The zero-order valence-electron chi connectivity index (χ0n) is 27.1. The van der Waals surface area contributed by atoms with Crippen LogP contribution in [-0.4, -0.2) is 60.0 Å². The number of hydrogen-bond acceptors (Lipinski definition) is 5. The molecule has 43 heavy (non-hydrogen) atoms. The standard InChI is InChI=1S/C34H48ClN3O5/c1-21(2)27(19-22(3)32(41)42)38(10)31(40)29(33(4,5)6)37-30(39)28(36-9)34(7,8)24-13-17-26(18-14-24)43-20-23-11-15-25(35)16-12-23/h11-19,21,27-29,36H,20H2,1-10H3,(H,37,39)(H,41,42)/b22-19+/t27-,28-,29?/m1/s1. The number of halogens is 1. The fraction of sp³-hybridized carbons (Fsp3) is 0.500. The van der Waals surface area contributed by atoms with Crippen LogP contribution in [0.25, 0.3) is 0 Å². The van der Waals surface area contributed by atoms with Crippen LogP contribution in [0.3, 0.4) is 0 Å². The number of carboxylic acid groups (broad SMARTS) is 1. The molecule has 0 saturated heterocycles. The maximum Gasteiger partial charge on any atom is 0.331 e. The highest BCUT2D eigenvalue weighted by atomic mass is 35.5. The quantitative estimate of drug-likeness (QED) is 0.245. The molecular weight excluding hydrogens is 566 g/mol. The number of nitrogens with zero attached hydrogens (tertiary/aromatic N) is 1. The van der Waals surface area contributed by atoms with Gasteiger partial charge in [-0.25, -0.2) is 4.79 Å². The summed E-state index contributed by atoms with van der Waals surface area (Å²) >= 11 is 5.96. The average molecular weight is 614 g/mol. The predicted molar refractivity (Wildman–Crippen MR) is 172 cm³/mol. The van der Waals surface area contributed by atoms with E-state index < -0.39 is 34.9 Å². The Morgan fingerprint density at radius 1 is 0.977 bits per heavy atom. The van der Waals surface area contributed by atoms with Gasteiger partial charge in [0, 0.05) is 23.1 Å². The molecule has 2 aromatic rings. The van der Waals surface area contributed by atoms with Gasteiger partial charge in [-0.3, -0.25) is 9.59 Å². The van der Waals surface area contributed by atoms with Crippen molar-refractivity contribution >= 4 is 29.4 Å². The highest BCUT2D eigenvalue weighted by Crippen LogP contribution is 2.30. The van der Waals surface area contributed by atoms with Crippen LogP contribution < -0.4 is 15.4 Å². The number of carboxylic acids is 1. The Kier molecular flexibility index (Phi) is 12.4. The first-order valence-corrected chi connectivity index (χ1v) is 14.9. The van der Waals surface area contributed by atoms with Gasteiger partial charge < -0.3 is 25.4 Å². The molecule has 0 aliphatic heterocycles. The first kappa shape index (κ1) is 35.8. The van der Waals surface area contributed by atoms with E-state index in [1.54, 1.807) is 20.2 Å². The highest BCUT2D eigenvalue weighted by molar-refractivity contribution is 6.30. The number of aliphatic carboxylic acids is 1. The predicted octanol–water partition coefficient (Wildman–Crippen LogP) is 5.83. The van der Waals surface area contributed by atoms with E-state index in [2.05, 4.69) is 10.6 Å². The number of likely N-dealkylation sites (N-methyl/N-ethyl adjacent to an activating group) is 2. The molecule has 0 aliphatic carbocycles. The number of benzene rings is 2. The van der Waals surface area contributed by atoms with Crippen LogP contribution in [0.5, 0.6) is 5.75 Å². The number of ether oxygens (including phenoxy) is 1. The molecule has 0 aromatic heterocycles. The van der Waals surface area contributed by atoms with Gasteiger partial charge in [-0.2, -0.15) is 0 Å². The first-order chi connectivity index (χ1) is 19.9. The van der Waals surface area contributed by atoms with Gasteiger partial charge in [0.2, 0.25) is 11.8 Å². The van der Waals surface area contributed by atoms with E-state index in [1.807, 2.05) is 97.0 Å². The second-order valence-electron chi connectivity index (χ2n) is 13.0. The van der Waals surface area contributed by atoms with Gasteiger partial charge in [0.15, 0.2) is 0 Å². The number of nitrogens with one attached hydrogen (secondary N) is 2. The third kappa shape index (κ3) is 9.57. The lowest BCUT2D eigenvalue weighted by Gasteiger charge is -2.40. The third-order valence-electron chi connectivity index (χ3n) is 7.83. The molecular formula is C34H48ClN3O5. The number of carbonyl (C=O) groups excluding carboxylic acids is 2. The molecule has 2 aromatic carbocycles. The normalized spacial score (nSPS) is 14.6. The van der Waals surface area contributed by atoms with Gasteiger partial charge >= 0.3 is 5.97 Å². The summed E-state index contributed by atoms with van der Waals surface area (Å²) in [5.74, 6) is -0.971. The second kappa shape index (κ2) is 14.9. The highest BCUT2D eigenvalue weighted by Gasteiger charge is 2.41. The molecule has 2 rings (SSSR count). The van der Waals surface area contributed by atoms with E-state index in [0.717, 1.165) is 11.1 Å². The lowest BCUT2D eigenvalue weighted by Crippen LogP contribution is -2.61. The summed E-state index contributed by atoms with van der Waals surface area (Å²) in [5, 5.41) is 16.3. The summed E-state index contributed by atoms with van der Waals surface area (Å²) < 4.78 is 5.93. The Balaban J connectivity index is 2.25. The Bertz CT molecular complexity index is 1280. The van der Waals surface area contributed by atoms with Crippen molar-refractivity contribution in [2.24, 2.45) is 11.3 Å². The molecule has 9 heteroatoms. The minimum atomic E-state index is -1.03. The van der Waals surface area contributed by atoms with Crippen LogP contribution in [0.15, 0.2) is 60.2 Å². The molecule has 0 heterocycles. The summed E-state index contributed by atoms with van der Waals surface area (Å²) in [6.45, 7) is 15.4. The van der Waals surface area contributed by atoms with Crippen molar-refractivity contribution in [2.75, 3.05) is 14.1 Å². The van der Waals surface area contributed by atoms with E-state index in [4.69, 9.17) is 16.3 Å². The van der Waals surface area contributed by atoms with Crippen molar-refractivity contribution in [1.82, 2.24) is 15.5 Å². The second-order valence-corrected chi connectivity index (χ2v) is 13.5. The van der Waals surface area contributed by atoms with E-state index in [-0.39, 0.29) is 23.3 Å². The van der Waals surface area contributed by atoms with Gasteiger partial charge in [0.25, 0.3) is 0 Å². The summed E-state index contributed by atoms with van der Waals surface area (Å²) in [5.41, 5.74) is 0.827. The van der Waals surface area contributed by atoms with Crippen molar-refractivity contribution < 1.29 is 24.2 Å². The molecule has 0 aliphatic rings. The number of hydrogen-bond donors (Lipinski definition) is 3. The molecule has 2 amide bonds. The molecule has 3 atom stereocenters. The molecule has 8 nitrogen and oxygen atoms in total. The van der Waals surface area contributed by atoms with Crippen LogP contribution in [0, 0.1) is 11.3 Å². The van der Waals surface area contributed by atoms with E-state index >= 15 is 0 Å². The van der Waals surface area contributed by atoms with Gasteiger partial charge in [-0.15, -0.1) is 0 Å². The van der Waals surface area contributed by atoms with Crippen LogP contribution in [0.1, 0.15) is 66.5 Å². The molecule has 236 valence electrons. The smallest absolute Gasteiger partial charge is 0.331 e. The summed E-state index contributed by atoms with van der Waals surface area (Å²) in [6, 6.07) is 13.2. The molecule has 0 saturated carbocycles. The van der Waals surface area contributed by atoms with Gasteiger partial charge in [0.05, 0.1) is 12.1 Å². The number of amides is 2. The Morgan fingerprint density at radius 2 is 1.53 bits per heavy atom. The summed E-state index contributed by atoms with van der Waals surface area (Å²) in [7, 11) is 3.38. The van der Waals surface area contributed by atoms with Crippen LogP contribution in [0.2, 0.25) is 5.02 Å². The minimum Gasteiger partial charge on any atom is -0.489 e. The largest absolute Gasteiger partial charge is 0.489 e. The number of rotatable bonds is 13. The minimum absolute atomic E-state index is 0.0401. The monoisotopic (exact) mass is 613 g/mol. The van der Waals surface area contributed by atoms with Crippen molar-refractivity contribution in [3.8, 4) is 5.75 Å². The molecule has 0 fully saturated rings. The van der Waals surface area contributed by atoms with E-state index in [0.29, 0.717) is 17.4 Å². The van der Waals surface area contributed by atoms with E-state index in [9.17, 15) is 19.5 Å². The fourth-order valence-corrected chi connectivity index (χ4v) is 5.14. The fourth-order valence-electron chi connectivity index (χ4n) is 5.02. The first-order valence-electron chi connectivity index (χ1n) is 14.5. The SMILES string of the molecule is CN[C@H](C(=O)NC(C(=O)N(C)[C@H](/C=C(\C)C(=O)O)C(C)C)C(C)(C)C)C(C)(C)c1ccc(OCc2ccc(Cl)cc2)cc1. The van der Waals surface area contributed by atoms with Gasteiger partial charge in [-0.1, -0.05) is 90.4 Å². The molecule has 3 N–H and O–H groups in total. The van der Waals surface area contributed by atoms with Crippen molar-refractivity contribution in [1.29, 1.82) is 0 Å². The summed E-state index contributed by atoms with van der Waals surface area (Å²) in [4.78, 5) is 40.7. The number of carbonyl (C=O) groups is 3. The topological polar surface area (TPSA) is 108 Å². The third-order valence-corrected chi connectivity index (χ3v) is 8.08. The molecule has 0 bridgehead atoms. The van der Waals surface area contributed by atoms with Crippen LogP contribution in [0.4, 0.5) is 0 Å². The van der Waals surface area contributed by atoms with Crippen LogP contribution >= 0.6 is 11.6 Å². The maximum absolute atomic E-state index is 13.9. The van der Waals surface area contributed by atoms with Crippen LogP contribution in [-0.2, 0) is 26.4 Å². The van der Waals surface area contributed by atoms with Crippen molar-refractivity contribution in [2.45, 2.75) is 85.5 Å². The van der Waals surface area contributed by atoms with E-state index in [1.165, 1.54) is 11.8 Å².